The van der Waals surface area contributed by atoms with Gasteiger partial charge >= 0.3 is 0 Å². The molecule has 166 valence electrons. The molecule has 0 amide bonds. The maximum atomic E-state index is 6.45. The van der Waals surface area contributed by atoms with Crippen molar-refractivity contribution in [3.8, 4) is 11.5 Å². The first-order valence-corrected chi connectivity index (χ1v) is 11.5. The van der Waals surface area contributed by atoms with Crippen molar-refractivity contribution >= 4 is 0 Å². The van der Waals surface area contributed by atoms with E-state index in [4.69, 9.17) is 9.47 Å². The van der Waals surface area contributed by atoms with Crippen LogP contribution < -0.4 is 9.47 Å². The lowest BCUT2D eigenvalue weighted by Crippen LogP contribution is -2.36. The molecule has 1 aliphatic rings. The summed E-state index contributed by atoms with van der Waals surface area (Å²) in [6.45, 7) is 13.3. The zero-order valence-electron chi connectivity index (χ0n) is 20.4. The van der Waals surface area contributed by atoms with E-state index in [1.54, 1.807) is 7.11 Å². The lowest BCUT2D eigenvalue weighted by atomic mass is 9.87. The molecule has 2 rings (SSSR count). The first-order chi connectivity index (χ1) is 14.2. The summed E-state index contributed by atoms with van der Waals surface area (Å²) in [7, 11) is 1.74. The maximum absolute atomic E-state index is 6.45. The van der Waals surface area contributed by atoms with Crippen LogP contribution in [0.5, 0.6) is 11.5 Å². The predicted molar refractivity (Wildman–Crippen MR) is 130 cm³/mol. The van der Waals surface area contributed by atoms with Gasteiger partial charge in [-0.1, -0.05) is 34.9 Å². The van der Waals surface area contributed by atoms with Crippen LogP contribution in [0, 0.1) is 6.92 Å². The van der Waals surface area contributed by atoms with E-state index < -0.39 is 0 Å². The summed E-state index contributed by atoms with van der Waals surface area (Å²) in [4.78, 5) is 0. The summed E-state index contributed by atoms with van der Waals surface area (Å²) in [5, 5.41) is 0. The Balaban J connectivity index is 1.80. The molecule has 1 heterocycles. The van der Waals surface area contributed by atoms with Crippen molar-refractivity contribution in [1.29, 1.82) is 0 Å². The molecule has 0 fully saturated rings. The van der Waals surface area contributed by atoms with Gasteiger partial charge in [0.2, 0.25) is 0 Å². The second kappa shape index (κ2) is 11.4. The number of hydrogen-bond donors (Lipinski definition) is 0. The van der Waals surface area contributed by atoms with Crippen LogP contribution in [0.4, 0.5) is 0 Å². The molecule has 0 aromatic heterocycles. The zero-order valence-corrected chi connectivity index (χ0v) is 20.4. The third kappa shape index (κ3) is 7.38. The summed E-state index contributed by atoms with van der Waals surface area (Å²) >= 11 is 0. The van der Waals surface area contributed by atoms with Gasteiger partial charge in [-0.3, -0.25) is 0 Å². The molecule has 0 spiro atoms. The van der Waals surface area contributed by atoms with Crippen LogP contribution in [0.3, 0.4) is 0 Å². The molecule has 1 atom stereocenters. The van der Waals surface area contributed by atoms with Crippen LogP contribution in [-0.4, -0.2) is 12.7 Å². The summed E-state index contributed by atoms with van der Waals surface area (Å²) < 4.78 is 11.9. The Kier molecular flexibility index (Phi) is 9.27. The van der Waals surface area contributed by atoms with Crippen LogP contribution in [0.15, 0.2) is 47.1 Å². The van der Waals surface area contributed by atoms with Gasteiger partial charge in [-0.2, -0.15) is 0 Å². The third-order valence-electron chi connectivity index (χ3n) is 6.27. The maximum Gasteiger partial charge on any atom is 0.123 e. The van der Waals surface area contributed by atoms with E-state index in [2.05, 4.69) is 65.8 Å². The van der Waals surface area contributed by atoms with Crippen LogP contribution in [0.25, 0.3) is 0 Å². The van der Waals surface area contributed by atoms with Gasteiger partial charge in [0.25, 0.3) is 0 Å². The molecular weight excluding hydrogens is 368 g/mol. The Morgan fingerprint density at radius 2 is 1.63 bits per heavy atom. The molecule has 1 aliphatic heterocycles. The van der Waals surface area contributed by atoms with Crippen LogP contribution >= 0.6 is 0 Å². The average molecular weight is 411 g/mol. The lowest BCUT2D eigenvalue weighted by molar-refractivity contribution is 0.0568. The van der Waals surface area contributed by atoms with Crippen LogP contribution in [0.2, 0.25) is 0 Å². The van der Waals surface area contributed by atoms with E-state index in [1.807, 2.05) is 6.07 Å². The number of allylic oxidation sites excluding steroid dienone is 6. The topological polar surface area (TPSA) is 18.5 Å². The van der Waals surface area contributed by atoms with Crippen LogP contribution in [-0.2, 0) is 6.42 Å². The fourth-order valence-corrected chi connectivity index (χ4v) is 4.18. The van der Waals surface area contributed by atoms with Gasteiger partial charge < -0.3 is 9.47 Å². The second-order valence-electron chi connectivity index (χ2n) is 9.42. The largest absolute Gasteiger partial charge is 0.496 e. The smallest absolute Gasteiger partial charge is 0.123 e. The van der Waals surface area contributed by atoms with Crippen molar-refractivity contribution < 1.29 is 9.47 Å². The van der Waals surface area contributed by atoms with Crippen molar-refractivity contribution in [2.75, 3.05) is 7.11 Å². The Labute approximate surface area is 185 Å². The van der Waals surface area contributed by atoms with E-state index in [-0.39, 0.29) is 5.60 Å². The molecule has 0 bridgehead atoms. The fraction of sp³-hybridized carbons (Fsp3) is 0.571. The molecule has 0 saturated carbocycles. The fourth-order valence-electron chi connectivity index (χ4n) is 4.18. The van der Waals surface area contributed by atoms with E-state index in [0.29, 0.717) is 0 Å². The Morgan fingerprint density at radius 1 is 1.00 bits per heavy atom. The molecule has 0 radical (unpaired) electrons. The molecule has 0 unspecified atom stereocenters. The van der Waals surface area contributed by atoms with Crippen LogP contribution in [0.1, 0.15) is 90.7 Å². The third-order valence-corrected chi connectivity index (χ3v) is 6.27. The Morgan fingerprint density at radius 3 is 2.27 bits per heavy atom. The minimum Gasteiger partial charge on any atom is -0.496 e. The lowest BCUT2D eigenvalue weighted by Gasteiger charge is -2.36. The van der Waals surface area contributed by atoms with E-state index in [9.17, 15) is 0 Å². The molecule has 2 heteroatoms. The predicted octanol–water partition coefficient (Wildman–Crippen LogP) is 8.29. The number of benzene rings is 1. The van der Waals surface area contributed by atoms with Crippen molar-refractivity contribution in [2.24, 2.45) is 0 Å². The number of hydrogen-bond acceptors (Lipinski definition) is 2. The normalized spacial score (nSPS) is 19.2. The highest BCUT2D eigenvalue weighted by Crippen LogP contribution is 2.40. The second-order valence-corrected chi connectivity index (χ2v) is 9.42. The zero-order chi connectivity index (χ0) is 22.1. The van der Waals surface area contributed by atoms with Crippen molar-refractivity contribution in [3.05, 3.63) is 58.2 Å². The van der Waals surface area contributed by atoms with Gasteiger partial charge in [0, 0.05) is 5.56 Å². The van der Waals surface area contributed by atoms with Gasteiger partial charge in [0.05, 0.1) is 7.11 Å². The van der Waals surface area contributed by atoms with Crippen molar-refractivity contribution in [2.45, 2.75) is 98.5 Å². The van der Waals surface area contributed by atoms with E-state index in [0.717, 1.165) is 56.4 Å². The molecule has 0 N–H and O–H groups in total. The number of methoxy groups -OCH3 is 1. The quantitative estimate of drug-likeness (QED) is 0.361. The molecule has 1 aromatic rings. The highest BCUT2D eigenvalue weighted by molar-refractivity contribution is 5.49. The van der Waals surface area contributed by atoms with Gasteiger partial charge in [-0.15, -0.1) is 0 Å². The first-order valence-electron chi connectivity index (χ1n) is 11.5. The summed E-state index contributed by atoms with van der Waals surface area (Å²) in [5.74, 6) is 2.00. The molecule has 2 nitrogen and oxygen atoms in total. The van der Waals surface area contributed by atoms with E-state index >= 15 is 0 Å². The molecule has 0 aliphatic carbocycles. The molecule has 1 aromatic carbocycles. The standard InChI is InChI=1S/C28H42O2/c1-21(2)11-8-12-22(3)13-9-14-23(4)15-10-19-28(6)20-18-25-24(5)26(29-7)16-17-27(25)30-28/h11,13,15-17H,8-10,12,14,18-20H2,1-7H3/b22-13+,23-15+/t28-/m1/s1. The Hall–Kier alpha value is -1.96. The number of rotatable bonds is 10. The van der Waals surface area contributed by atoms with Gasteiger partial charge in [-0.05, 0) is 111 Å². The first kappa shape index (κ1) is 24.3. The SMILES string of the molecule is COc1ccc2c(c1C)CC[C@@](C)(CC/C=C(\C)CC/C=C(\C)CCC=C(C)C)O2. The summed E-state index contributed by atoms with van der Waals surface area (Å²) in [5.41, 5.74) is 6.86. The monoisotopic (exact) mass is 410 g/mol. The number of ether oxygens (including phenoxy) is 2. The average Bonchev–Trinajstić information content (AvgIpc) is 2.68. The van der Waals surface area contributed by atoms with Crippen molar-refractivity contribution in [1.82, 2.24) is 0 Å². The van der Waals surface area contributed by atoms with E-state index in [1.165, 1.54) is 34.3 Å². The minimum absolute atomic E-state index is 0.0772. The van der Waals surface area contributed by atoms with Crippen molar-refractivity contribution in [3.63, 3.8) is 0 Å². The summed E-state index contributed by atoms with van der Waals surface area (Å²) in [6.07, 6.45) is 16.1. The Bertz CT molecular complexity index is 793. The molecular formula is C28H42O2. The highest BCUT2D eigenvalue weighted by atomic mass is 16.5. The minimum atomic E-state index is -0.0772. The highest BCUT2D eigenvalue weighted by Gasteiger charge is 2.32. The molecule has 0 saturated heterocycles. The van der Waals surface area contributed by atoms with Gasteiger partial charge in [-0.25, -0.2) is 0 Å². The van der Waals surface area contributed by atoms with Gasteiger partial charge in [0.1, 0.15) is 17.1 Å². The number of fused-ring (bicyclic) bond motifs is 1. The van der Waals surface area contributed by atoms with Gasteiger partial charge in [0.15, 0.2) is 0 Å². The molecule has 30 heavy (non-hydrogen) atoms. The summed E-state index contributed by atoms with van der Waals surface area (Å²) in [6, 6.07) is 4.10.